The first-order valence-electron chi connectivity index (χ1n) is 6.52. The quantitative estimate of drug-likeness (QED) is 0.347. The van der Waals surface area contributed by atoms with Crippen LogP contribution in [-0.4, -0.2) is 18.9 Å². The third-order valence-corrected chi connectivity index (χ3v) is 2.89. The molecule has 0 saturated carbocycles. The van der Waals surface area contributed by atoms with Crippen molar-refractivity contribution in [3.8, 4) is 0 Å². The van der Waals surface area contributed by atoms with E-state index in [2.05, 4.69) is 4.74 Å². The molecule has 4 heteroatoms. The number of halogens is 1. The fourth-order valence-electron chi connectivity index (χ4n) is 1.74. The maximum atomic E-state index is 12.8. The number of carbonyl (C=O) groups is 2. The summed E-state index contributed by atoms with van der Waals surface area (Å²) in [7, 11) is 1.25. The molecule has 0 N–H and O–H groups in total. The summed E-state index contributed by atoms with van der Waals surface area (Å²) in [5.74, 6) is -1.38. The zero-order valence-corrected chi connectivity index (χ0v) is 12.0. The number of hydrogen-bond donors (Lipinski definition) is 0. The molecule has 1 aromatic carbocycles. The molecule has 0 aromatic heterocycles. The van der Waals surface area contributed by atoms with Crippen molar-refractivity contribution in [1.82, 2.24) is 0 Å². The predicted molar refractivity (Wildman–Crippen MR) is 74.7 cm³/mol. The molecule has 0 fully saturated rings. The van der Waals surface area contributed by atoms with Gasteiger partial charge in [0.15, 0.2) is 5.78 Å². The molecular weight excluding hydrogens is 259 g/mol. The molecule has 0 bridgehead atoms. The van der Waals surface area contributed by atoms with Crippen LogP contribution < -0.4 is 0 Å². The van der Waals surface area contributed by atoms with Gasteiger partial charge in [0, 0.05) is 5.92 Å². The Labute approximate surface area is 118 Å². The molecule has 0 saturated heterocycles. The number of allylic oxidation sites excluding steroid dienone is 1. The highest BCUT2D eigenvalue weighted by molar-refractivity contribution is 6.17. The Balaban J connectivity index is 2.74. The molecule has 20 heavy (non-hydrogen) atoms. The molecule has 0 unspecified atom stereocenters. The summed E-state index contributed by atoms with van der Waals surface area (Å²) >= 11 is 0. The van der Waals surface area contributed by atoms with Gasteiger partial charge in [0.25, 0.3) is 0 Å². The van der Waals surface area contributed by atoms with E-state index in [1.54, 1.807) is 32.1 Å². The average Bonchev–Trinajstić information content (AvgIpc) is 2.44. The summed E-state index contributed by atoms with van der Waals surface area (Å²) in [6, 6.07) is 6.15. The van der Waals surface area contributed by atoms with Crippen molar-refractivity contribution in [3.05, 3.63) is 47.3 Å². The molecule has 0 aliphatic rings. The summed E-state index contributed by atoms with van der Waals surface area (Å²) in [5, 5.41) is 0. The minimum atomic E-state index is -0.609. The van der Waals surface area contributed by atoms with Crippen LogP contribution in [-0.2, 0) is 20.7 Å². The van der Waals surface area contributed by atoms with Gasteiger partial charge in [-0.1, -0.05) is 32.1 Å². The van der Waals surface area contributed by atoms with E-state index in [4.69, 9.17) is 0 Å². The standard InChI is InChI=1S/C16H19FO3/c1-11(2)15(18)14(16(19)20-3)6-4-5-12-7-9-13(17)10-8-12/h6-11H,4-5H2,1-3H3/b14-6-. The van der Waals surface area contributed by atoms with Gasteiger partial charge in [0.1, 0.15) is 5.82 Å². The van der Waals surface area contributed by atoms with Crippen molar-refractivity contribution < 1.29 is 18.7 Å². The van der Waals surface area contributed by atoms with E-state index in [0.29, 0.717) is 12.8 Å². The lowest BCUT2D eigenvalue weighted by Crippen LogP contribution is -2.19. The van der Waals surface area contributed by atoms with Crippen LogP contribution in [0.3, 0.4) is 0 Å². The summed E-state index contributed by atoms with van der Waals surface area (Å²) < 4.78 is 17.4. The number of ether oxygens (including phenoxy) is 1. The molecule has 0 aliphatic heterocycles. The average molecular weight is 278 g/mol. The first-order chi connectivity index (χ1) is 9.45. The molecule has 0 amide bonds. The normalized spacial score (nSPS) is 11.6. The van der Waals surface area contributed by atoms with Crippen molar-refractivity contribution >= 4 is 11.8 Å². The van der Waals surface area contributed by atoms with Crippen LogP contribution in [0.1, 0.15) is 25.8 Å². The van der Waals surface area contributed by atoms with Crippen LogP contribution in [0.4, 0.5) is 4.39 Å². The highest BCUT2D eigenvalue weighted by Gasteiger charge is 2.20. The largest absolute Gasteiger partial charge is 0.465 e. The third kappa shape index (κ3) is 4.61. The van der Waals surface area contributed by atoms with Crippen LogP contribution in [0.25, 0.3) is 0 Å². The molecule has 0 heterocycles. The fraction of sp³-hybridized carbons (Fsp3) is 0.375. The Hall–Kier alpha value is -1.97. The number of benzene rings is 1. The molecule has 1 rings (SSSR count). The summed E-state index contributed by atoms with van der Waals surface area (Å²) in [6.45, 7) is 3.47. The van der Waals surface area contributed by atoms with Crippen LogP contribution in [0.15, 0.2) is 35.9 Å². The van der Waals surface area contributed by atoms with Crippen molar-refractivity contribution in [3.63, 3.8) is 0 Å². The van der Waals surface area contributed by atoms with Gasteiger partial charge in [-0.15, -0.1) is 0 Å². The molecule has 1 aromatic rings. The van der Waals surface area contributed by atoms with Gasteiger partial charge >= 0.3 is 5.97 Å². The van der Waals surface area contributed by atoms with E-state index in [0.717, 1.165) is 5.56 Å². The van der Waals surface area contributed by atoms with Crippen molar-refractivity contribution in [2.45, 2.75) is 26.7 Å². The molecule has 0 radical (unpaired) electrons. The summed E-state index contributed by atoms with van der Waals surface area (Å²) in [4.78, 5) is 23.5. The lowest BCUT2D eigenvalue weighted by molar-refractivity contribution is -0.138. The van der Waals surface area contributed by atoms with Gasteiger partial charge < -0.3 is 4.74 Å². The monoisotopic (exact) mass is 278 g/mol. The SMILES string of the molecule is COC(=O)/C(=C\CCc1ccc(F)cc1)C(=O)C(C)C. The minimum absolute atomic E-state index is 0.0876. The fourth-order valence-corrected chi connectivity index (χ4v) is 1.74. The molecule has 0 atom stereocenters. The number of hydrogen-bond acceptors (Lipinski definition) is 3. The van der Waals surface area contributed by atoms with E-state index >= 15 is 0 Å². The van der Waals surface area contributed by atoms with Crippen molar-refractivity contribution in [1.29, 1.82) is 0 Å². The van der Waals surface area contributed by atoms with E-state index in [-0.39, 0.29) is 23.1 Å². The maximum absolute atomic E-state index is 12.8. The minimum Gasteiger partial charge on any atom is -0.465 e. The second-order valence-electron chi connectivity index (χ2n) is 4.79. The van der Waals surface area contributed by atoms with Gasteiger partial charge in [-0.3, -0.25) is 4.79 Å². The molecule has 3 nitrogen and oxygen atoms in total. The smallest absolute Gasteiger partial charge is 0.341 e. The van der Waals surface area contributed by atoms with Crippen molar-refractivity contribution in [2.75, 3.05) is 7.11 Å². The van der Waals surface area contributed by atoms with Gasteiger partial charge in [-0.05, 0) is 30.5 Å². The zero-order chi connectivity index (χ0) is 15.1. The lowest BCUT2D eigenvalue weighted by Gasteiger charge is -2.07. The maximum Gasteiger partial charge on any atom is 0.341 e. The second-order valence-corrected chi connectivity index (χ2v) is 4.79. The Morgan fingerprint density at radius 1 is 1.25 bits per heavy atom. The molecule has 108 valence electrons. The van der Waals surface area contributed by atoms with Crippen LogP contribution in [0.5, 0.6) is 0 Å². The topological polar surface area (TPSA) is 43.4 Å². The molecular formula is C16H19FO3. The van der Waals surface area contributed by atoms with Gasteiger partial charge in [0.05, 0.1) is 12.7 Å². The number of Topliss-reactive ketones (excluding diaryl/α,β-unsaturated/α-hetero) is 1. The number of carbonyl (C=O) groups excluding carboxylic acids is 2. The van der Waals surface area contributed by atoms with E-state index in [1.807, 2.05) is 0 Å². The van der Waals surface area contributed by atoms with Gasteiger partial charge in [-0.2, -0.15) is 0 Å². The highest BCUT2D eigenvalue weighted by Crippen LogP contribution is 2.11. The summed E-state index contributed by atoms with van der Waals surface area (Å²) in [5.41, 5.74) is 1.04. The van der Waals surface area contributed by atoms with E-state index in [9.17, 15) is 14.0 Å². The Morgan fingerprint density at radius 3 is 2.35 bits per heavy atom. The number of ketones is 1. The Kier molecular flexibility index (Phi) is 6.10. The predicted octanol–water partition coefficient (Wildman–Crippen LogP) is 3.08. The number of esters is 1. The first-order valence-corrected chi connectivity index (χ1v) is 6.52. The first kappa shape index (κ1) is 16.1. The van der Waals surface area contributed by atoms with Crippen LogP contribution in [0, 0.1) is 11.7 Å². The lowest BCUT2D eigenvalue weighted by atomic mass is 9.99. The zero-order valence-electron chi connectivity index (χ0n) is 12.0. The third-order valence-electron chi connectivity index (χ3n) is 2.89. The summed E-state index contributed by atoms with van der Waals surface area (Å²) in [6.07, 6.45) is 2.75. The van der Waals surface area contributed by atoms with Gasteiger partial charge in [-0.25, -0.2) is 9.18 Å². The highest BCUT2D eigenvalue weighted by atomic mass is 19.1. The number of aryl methyl sites for hydroxylation is 1. The number of rotatable bonds is 6. The second kappa shape index (κ2) is 7.58. The molecule has 0 aliphatic carbocycles. The van der Waals surface area contributed by atoms with Gasteiger partial charge in [0.2, 0.25) is 0 Å². The van der Waals surface area contributed by atoms with Crippen molar-refractivity contribution in [2.24, 2.45) is 5.92 Å². The van der Waals surface area contributed by atoms with E-state index < -0.39 is 5.97 Å². The Bertz CT molecular complexity index is 501. The van der Waals surface area contributed by atoms with Crippen LogP contribution in [0.2, 0.25) is 0 Å². The molecule has 0 spiro atoms. The van der Waals surface area contributed by atoms with Crippen LogP contribution >= 0.6 is 0 Å². The van der Waals surface area contributed by atoms with E-state index in [1.165, 1.54) is 19.2 Å². The number of methoxy groups -OCH3 is 1. The Morgan fingerprint density at radius 2 is 1.85 bits per heavy atom.